The smallest absolute Gasteiger partial charge is 0.326 e. The van der Waals surface area contributed by atoms with Crippen molar-refractivity contribution >= 4 is 11.9 Å². The molecule has 1 N–H and O–H groups in total. The van der Waals surface area contributed by atoms with Gasteiger partial charge in [0, 0.05) is 18.7 Å². The number of hydrogen-bond acceptors (Lipinski definition) is 3. The van der Waals surface area contributed by atoms with Crippen LogP contribution in [0, 0.1) is 5.92 Å². The Labute approximate surface area is 158 Å². The summed E-state index contributed by atoms with van der Waals surface area (Å²) in [6.07, 6.45) is 9.44. The number of carbonyl (C=O) groups is 2. The Morgan fingerprint density at radius 2 is 1.93 bits per heavy atom. The maximum absolute atomic E-state index is 12.9. The SMILES string of the molecule is O=C(O)C1CC2CCCCC2N1C(=O)CCc1cnn(-c2ccccc2)c1. The number of likely N-dealkylation sites (tertiary alicyclic amines) is 1. The zero-order chi connectivity index (χ0) is 18.8. The molecule has 1 saturated carbocycles. The molecule has 2 aliphatic rings. The van der Waals surface area contributed by atoms with E-state index < -0.39 is 12.0 Å². The lowest BCUT2D eigenvalue weighted by Gasteiger charge is -2.33. The second-order valence-corrected chi connectivity index (χ2v) is 7.63. The van der Waals surface area contributed by atoms with Gasteiger partial charge in [-0.2, -0.15) is 5.10 Å². The molecule has 6 heteroatoms. The number of para-hydroxylation sites is 1. The molecule has 1 aromatic carbocycles. The molecule has 27 heavy (non-hydrogen) atoms. The van der Waals surface area contributed by atoms with Crippen LogP contribution in [-0.4, -0.2) is 43.7 Å². The third kappa shape index (κ3) is 3.61. The molecule has 0 bridgehead atoms. The average Bonchev–Trinajstić information content (AvgIpc) is 3.32. The molecule has 2 aromatic rings. The van der Waals surface area contributed by atoms with Crippen molar-refractivity contribution < 1.29 is 14.7 Å². The van der Waals surface area contributed by atoms with Crippen molar-refractivity contribution in [2.45, 2.75) is 57.0 Å². The van der Waals surface area contributed by atoms with E-state index in [2.05, 4.69) is 5.10 Å². The Morgan fingerprint density at radius 1 is 1.15 bits per heavy atom. The van der Waals surface area contributed by atoms with Crippen molar-refractivity contribution in [2.24, 2.45) is 5.92 Å². The Morgan fingerprint density at radius 3 is 2.70 bits per heavy atom. The predicted octanol–water partition coefficient (Wildman–Crippen LogP) is 3.05. The quantitative estimate of drug-likeness (QED) is 0.881. The topological polar surface area (TPSA) is 75.4 Å². The van der Waals surface area contributed by atoms with Gasteiger partial charge >= 0.3 is 5.97 Å². The Hall–Kier alpha value is -2.63. The van der Waals surface area contributed by atoms with E-state index in [1.807, 2.05) is 36.5 Å². The molecule has 1 aliphatic carbocycles. The number of nitrogens with zero attached hydrogens (tertiary/aromatic N) is 3. The van der Waals surface area contributed by atoms with Crippen LogP contribution in [0.4, 0.5) is 0 Å². The van der Waals surface area contributed by atoms with Gasteiger partial charge in [-0.15, -0.1) is 0 Å². The van der Waals surface area contributed by atoms with E-state index in [9.17, 15) is 14.7 Å². The number of fused-ring (bicyclic) bond motifs is 1. The fourth-order valence-electron chi connectivity index (χ4n) is 4.63. The van der Waals surface area contributed by atoms with E-state index in [0.717, 1.165) is 36.9 Å². The second kappa shape index (κ2) is 7.55. The van der Waals surface area contributed by atoms with E-state index in [-0.39, 0.29) is 11.9 Å². The highest BCUT2D eigenvalue weighted by Gasteiger charge is 2.47. The van der Waals surface area contributed by atoms with Crippen molar-refractivity contribution in [3.05, 3.63) is 48.3 Å². The maximum atomic E-state index is 12.9. The summed E-state index contributed by atoms with van der Waals surface area (Å²) in [4.78, 5) is 26.3. The number of rotatable bonds is 5. The van der Waals surface area contributed by atoms with Gasteiger partial charge in [0.15, 0.2) is 0 Å². The van der Waals surface area contributed by atoms with Crippen LogP contribution in [0.2, 0.25) is 0 Å². The highest BCUT2D eigenvalue weighted by molar-refractivity contribution is 5.85. The molecule has 6 nitrogen and oxygen atoms in total. The van der Waals surface area contributed by atoms with Crippen molar-refractivity contribution in [3.63, 3.8) is 0 Å². The summed E-state index contributed by atoms with van der Waals surface area (Å²) >= 11 is 0. The summed E-state index contributed by atoms with van der Waals surface area (Å²) in [7, 11) is 0. The summed E-state index contributed by atoms with van der Waals surface area (Å²) in [5.74, 6) is -0.552. The lowest BCUT2D eigenvalue weighted by molar-refractivity contribution is -0.149. The van der Waals surface area contributed by atoms with Crippen LogP contribution >= 0.6 is 0 Å². The van der Waals surface area contributed by atoms with Gasteiger partial charge in [-0.25, -0.2) is 9.48 Å². The molecule has 3 atom stereocenters. The van der Waals surface area contributed by atoms with Gasteiger partial charge in [-0.1, -0.05) is 31.0 Å². The summed E-state index contributed by atoms with van der Waals surface area (Å²) in [6, 6.07) is 9.29. The summed E-state index contributed by atoms with van der Waals surface area (Å²) in [6.45, 7) is 0. The highest BCUT2D eigenvalue weighted by atomic mass is 16.4. The molecule has 1 saturated heterocycles. The predicted molar refractivity (Wildman–Crippen MR) is 101 cm³/mol. The third-order valence-corrected chi connectivity index (χ3v) is 5.95. The molecule has 1 aromatic heterocycles. The van der Waals surface area contributed by atoms with Crippen molar-refractivity contribution in [1.82, 2.24) is 14.7 Å². The largest absolute Gasteiger partial charge is 0.480 e. The molecule has 2 fully saturated rings. The van der Waals surface area contributed by atoms with Crippen molar-refractivity contribution in [3.8, 4) is 5.69 Å². The Balaban J connectivity index is 1.42. The molecule has 3 unspecified atom stereocenters. The first-order valence-corrected chi connectivity index (χ1v) is 9.76. The van der Waals surface area contributed by atoms with Gasteiger partial charge in [0.2, 0.25) is 5.91 Å². The molecule has 0 spiro atoms. The first-order valence-electron chi connectivity index (χ1n) is 9.76. The lowest BCUT2D eigenvalue weighted by atomic mass is 9.84. The van der Waals surface area contributed by atoms with Gasteiger partial charge in [-0.3, -0.25) is 4.79 Å². The van der Waals surface area contributed by atoms with Crippen LogP contribution in [0.3, 0.4) is 0 Å². The van der Waals surface area contributed by atoms with Crippen molar-refractivity contribution in [1.29, 1.82) is 0 Å². The summed E-state index contributed by atoms with van der Waals surface area (Å²) in [5, 5.41) is 14.0. The zero-order valence-electron chi connectivity index (χ0n) is 15.3. The molecular formula is C21H25N3O3. The van der Waals surface area contributed by atoms with Crippen LogP contribution in [0.1, 0.15) is 44.1 Å². The van der Waals surface area contributed by atoms with Gasteiger partial charge < -0.3 is 10.0 Å². The summed E-state index contributed by atoms with van der Waals surface area (Å²) < 4.78 is 1.80. The minimum absolute atomic E-state index is 0.0377. The fourth-order valence-corrected chi connectivity index (χ4v) is 4.63. The molecular weight excluding hydrogens is 342 g/mol. The van der Waals surface area contributed by atoms with Crippen LogP contribution in [0.15, 0.2) is 42.7 Å². The van der Waals surface area contributed by atoms with E-state index in [4.69, 9.17) is 0 Å². The van der Waals surface area contributed by atoms with Gasteiger partial charge in [-0.05, 0) is 49.3 Å². The number of benzene rings is 1. The normalized spacial score (nSPS) is 24.6. The number of carboxylic acid groups (broad SMARTS) is 1. The maximum Gasteiger partial charge on any atom is 0.326 e. The standard InChI is InChI=1S/C21H25N3O3/c25-20(24-18-9-5-4-6-16(18)12-19(24)21(26)27)11-10-15-13-22-23(14-15)17-7-2-1-3-8-17/h1-3,7-8,13-14,16,18-19H,4-6,9-12H2,(H,26,27). The van der Waals surface area contributed by atoms with Crippen LogP contribution in [0.25, 0.3) is 5.69 Å². The monoisotopic (exact) mass is 367 g/mol. The van der Waals surface area contributed by atoms with E-state index in [0.29, 0.717) is 25.2 Å². The molecule has 1 amide bonds. The van der Waals surface area contributed by atoms with Gasteiger partial charge in [0.25, 0.3) is 0 Å². The highest BCUT2D eigenvalue weighted by Crippen LogP contribution is 2.40. The minimum atomic E-state index is -0.866. The lowest BCUT2D eigenvalue weighted by Crippen LogP contribution is -2.46. The number of aromatic nitrogens is 2. The Kier molecular flexibility index (Phi) is 4.97. The van der Waals surface area contributed by atoms with Crippen LogP contribution in [0.5, 0.6) is 0 Å². The first-order chi connectivity index (χ1) is 13.1. The third-order valence-electron chi connectivity index (χ3n) is 5.95. The number of hydrogen-bond donors (Lipinski definition) is 1. The zero-order valence-corrected chi connectivity index (χ0v) is 15.3. The summed E-state index contributed by atoms with van der Waals surface area (Å²) in [5.41, 5.74) is 1.96. The number of aryl methyl sites for hydroxylation is 1. The minimum Gasteiger partial charge on any atom is -0.480 e. The number of amides is 1. The second-order valence-electron chi connectivity index (χ2n) is 7.63. The molecule has 4 rings (SSSR count). The van der Waals surface area contributed by atoms with Crippen molar-refractivity contribution in [2.75, 3.05) is 0 Å². The average molecular weight is 367 g/mol. The number of carboxylic acids is 1. The van der Waals surface area contributed by atoms with Gasteiger partial charge in [0.1, 0.15) is 6.04 Å². The number of aliphatic carboxylic acids is 1. The molecule has 0 radical (unpaired) electrons. The Bertz CT molecular complexity index is 817. The fraction of sp³-hybridized carbons (Fsp3) is 0.476. The van der Waals surface area contributed by atoms with E-state index in [1.54, 1.807) is 15.8 Å². The first kappa shape index (κ1) is 17.8. The van der Waals surface area contributed by atoms with Gasteiger partial charge in [0.05, 0.1) is 11.9 Å². The number of carbonyl (C=O) groups excluding carboxylic acids is 1. The molecule has 1 aliphatic heterocycles. The van der Waals surface area contributed by atoms with Crippen LogP contribution < -0.4 is 0 Å². The van der Waals surface area contributed by atoms with Crippen LogP contribution in [-0.2, 0) is 16.0 Å². The molecule has 2 heterocycles. The van der Waals surface area contributed by atoms with E-state index in [1.165, 1.54) is 0 Å². The van der Waals surface area contributed by atoms with E-state index >= 15 is 0 Å². The molecule has 142 valence electrons.